The molecule has 0 fully saturated rings. The van der Waals surface area contributed by atoms with E-state index < -0.39 is 11.9 Å². The van der Waals surface area contributed by atoms with E-state index in [9.17, 15) is 9.59 Å². The van der Waals surface area contributed by atoms with E-state index in [0.717, 1.165) is 0 Å². The molecule has 0 bridgehead atoms. The number of ether oxygens (including phenoxy) is 1. The molecule has 0 spiro atoms. The summed E-state index contributed by atoms with van der Waals surface area (Å²) in [5.41, 5.74) is 0.271. The van der Waals surface area contributed by atoms with Gasteiger partial charge >= 0.3 is 11.9 Å². The molecule has 1 amide bonds. The van der Waals surface area contributed by atoms with Crippen LogP contribution in [-0.2, 0) is 14.3 Å². The van der Waals surface area contributed by atoms with Crippen LogP contribution in [-0.4, -0.2) is 18.5 Å². The number of carbonyl (C=O) groups excluding carboxylic acids is 2. The lowest BCUT2D eigenvalue weighted by Crippen LogP contribution is -2.25. The molecule has 0 saturated heterocycles. The van der Waals surface area contributed by atoms with Crippen LogP contribution in [0, 0.1) is 0 Å². The summed E-state index contributed by atoms with van der Waals surface area (Å²) in [4.78, 5) is 22.3. The summed E-state index contributed by atoms with van der Waals surface area (Å²) in [5, 5.41) is 2.78. The third-order valence-corrected chi connectivity index (χ3v) is 2.48. The molecule has 0 unspecified atom stereocenters. The Hall–Kier alpha value is -1.26. The van der Waals surface area contributed by atoms with Crippen molar-refractivity contribution in [1.29, 1.82) is 0 Å². The maximum absolute atomic E-state index is 11.3. The fourth-order valence-corrected chi connectivity index (χ4v) is 1.32. The second kappa shape index (κ2) is 5.72. The monoisotopic (exact) mass is 261 g/mol. The molecule has 0 atom stereocenters. The Kier molecular flexibility index (Phi) is 4.58. The van der Waals surface area contributed by atoms with Gasteiger partial charge in [-0.2, -0.15) is 0 Å². The van der Waals surface area contributed by atoms with E-state index in [-0.39, 0.29) is 17.3 Å². The van der Waals surface area contributed by atoms with Crippen molar-refractivity contribution >= 4 is 40.8 Å². The predicted octanol–water partition coefficient (Wildman–Crippen LogP) is 2.50. The van der Waals surface area contributed by atoms with Gasteiger partial charge in [0.15, 0.2) is 0 Å². The topological polar surface area (TPSA) is 55.4 Å². The summed E-state index contributed by atoms with van der Waals surface area (Å²) in [6, 6.07) is 4.71. The summed E-state index contributed by atoms with van der Waals surface area (Å²) < 4.78 is 4.52. The molecule has 0 aliphatic rings. The molecule has 0 heterocycles. The molecule has 86 valence electrons. The molecule has 0 saturated carbocycles. The third kappa shape index (κ3) is 3.12. The Morgan fingerprint density at radius 1 is 1.38 bits per heavy atom. The van der Waals surface area contributed by atoms with Gasteiger partial charge in [0.1, 0.15) is 0 Å². The highest BCUT2D eigenvalue weighted by Crippen LogP contribution is 2.29. The zero-order valence-corrected chi connectivity index (χ0v) is 9.93. The van der Waals surface area contributed by atoms with Crippen LogP contribution in [0.1, 0.15) is 6.92 Å². The van der Waals surface area contributed by atoms with Gasteiger partial charge in [-0.1, -0.05) is 29.3 Å². The van der Waals surface area contributed by atoms with Gasteiger partial charge in [0.2, 0.25) is 0 Å². The number of nitrogens with one attached hydrogen (secondary N) is 1. The fraction of sp³-hybridized carbons (Fsp3) is 0.200. The van der Waals surface area contributed by atoms with Gasteiger partial charge < -0.3 is 10.1 Å². The van der Waals surface area contributed by atoms with Crippen LogP contribution in [0.15, 0.2) is 18.2 Å². The minimum Gasteiger partial charge on any atom is -0.459 e. The summed E-state index contributed by atoms with van der Waals surface area (Å²) in [5.74, 6) is -1.84. The molecule has 1 N–H and O–H groups in total. The maximum Gasteiger partial charge on any atom is 0.397 e. The second-order valence-corrected chi connectivity index (χ2v) is 3.56. The van der Waals surface area contributed by atoms with Crippen LogP contribution < -0.4 is 5.32 Å². The van der Waals surface area contributed by atoms with E-state index in [4.69, 9.17) is 23.2 Å². The van der Waals surface area contributed by atoms with Crippen LogP contribution >= 0.6 is 23.2 Å². The van der Waals surface area contributed by atoms with E-state index in [1.165, 1.54) is 6.07 Å². The van der Waals surface area contributed by atoms with E-state index in [0.29, 0.717) is 5.02 Å². The molecule has 0 aliphatic heterocycles. The van der Waals surface area contributed by atoms with Crippen molar-refractivity contribution in [2.45, 2.75) is 6.92 Å². The zero-order chi connectivity index (χ0) is 12.1. The minimum atomic E-state index is -0.960. The van der Waals surface area contributed by atoms with Gasteiger partial charge in [-0.05, 0) is 19.1 Å². The standard InChI is InChI=1S/C10H9Cl2NO3/c1-2-16-10(15)9(14)13-7-5-3-4-6(11)8(7)12/h3-5H,2H2,1H3,(H,13,14). The molecule has 0 radical (unpaired) electrons. The van der Waals surface area contributed by atoms with Gasteiger partial charge in [-0.3, -0.25) is 4.79 Å². The van der Waals surface area contributed by atoms with Crippen LogP contribution in [0.5, 0.6) is 0 Å². The average molecular weight is 262 g/mol. The highest BCUT2D eigenvalue weighted by Gasteiger charge is 2.16. The number of halogens is 2. The van der Waals surface area contributed by atoms with Gasteiger partial charge in [0.05, 0.1) is 22.3 Å². The van der Waals surface area contributed by atoms with Crippen LogP contribution in [0.25, 0.3) is 0 Å². The first-order valence-corrected chi connectivity index (χ1v) is 5.24. The first-order valence-electron chi connectivity index (χ1n) is 4.48. The van der Waals surface area contributed by atoms with Crippen LogP contribution in [0.4, 0.5) is 5.69 Å². The number of esters is 1. The number of hydrogen-bond acceptors (Lipinski definition) is 3. The highest BCUT2D eigenvalue weighted by atomic mass is 35.5. The smallest absolute Gasteiger partial charge is 0.397 e. The van der Waals surface area contributed by atoms with E-state index >= 15 is 0 Å². The van der Waals surface area contributed by atoms with E-state index in [1.54, 1.807) is 19.1 Å². The maximum atomic E-state index is 11.3. The number of benzene rings is 1. The molecular formula is C10H9Cl2NO3. The molecule has 1 rings (SSSR count). The fourth-order valence-electron chi connectivity index (χ4n) is 0.970. The highest BCUT2D eigenvalue weighted by molar-refractivity contribution is 6.45. The number of rotatable bonds is 2. The van der Waals surface area contributed by atoms with Crippen molar-refractivity contribution in [3.63, 3.8) is 0 Å². The third-order valence-electron chi connectivity index (χ3n) is 1.66. The summed E-state index contributed by atoms with van der Waals surface area (Å²) >= 11 is 11.6. The van der Waals surface area contributed by atoms with Crippen molar-refractivity contribution in [3.8, 4) is 0 Å². The zero-order valence-electron chi connectivity index (χ0n) is 8.42. The van der Waals surface area contributed by atoms with E-state index in [1.807, 2.05) is 0 Å². The largest absolute Gasteiger partial charge is 0.459 e. The van der Waals surface area contributed by atoms with Crippen molar-refractivity contribution in [2.75, 3.05) is 11.9 Å². The molecule has 16 heavy (non-hydrogen) atoms. The molecule has 0 aromatic heterocycles. The molecule has 1 aromatic rings. The Bertz CT molecular complexity index is 421. The normalized spacial score (nSPS) is 9.69. The Labute approximate surface area is 102 Å². The van der Waals surface area contributed by atoms with Crippen molar-refractivity contribution in [2.24, 2.45) is 0 Å². The number of hydrogen-bond donors (Lipinski definition) is 1. The van der Waals surface area contributed by atoms with E-state index in [2.05, 4.69) is 10.1 Å². The Morgan fingerprint density at radius 2 is 2.06 bits per heavy atom. The van der Waals surface area contributed by atoms with Crippen molar-refractivity contribution in [3.05, 3.63) is 28.2 Å². The number of amides is 1. The lowest BCUT2D eigenvalue weighted by atomic mass is 10.3. The summed E-state index contributed by atoms with van der Waals surface area (Å²) in [7, 11) is 0. The summed E-state index contributed by atoms with van der Waals surface area (Å²) in [6.45, 7) is 1.74. The SMILES string of the molecule is CCOC(=O)C(=O)Nc1cccc(Cl)c1Cl. The number of anilines is 1. The van der Waals surface area contributed by atoms with Gasteiger partial charge in [0.25, 0.3) is 0 Å². The van der Waals surface area contributed by atoms with Crippen LogP contribution in [0.3, 0.4) is 0 Å². The predicted molar refractivity (Wildman–Crippen MR) is 61.7 cm³/mol. The first-order chi connectivity index (χ1) is 7.56. The summed E-state index contributed by atoms with van der Waals surface area (Å²) in [6.07, 6.45) is 0. The van der Waals surface area contributed by atoms with Crippen molar-refractivity contribution < 1.29 is 14.3 Å². The van der Waals surface area contributed by atoms with Gasteiger partial charge in [-0.25, -0.2) is 4.79 Å². The van der Waals surface area contributed by atoms with Gasteiger partial charge in [-0.15, -0.1) is 0 Å². The Morgan fingerprint density at radius 3 is 2.69 bits per heavy atom. The Balaban J connectivity index is 2.77. The lowest BCUT2D eigenvalue weighted by Gasteiger charge is -2.07. The second-order valence-electron chi connectivity index (χ2n) is 2.78. The molecule has 1 aromatic carbocycles. The molecule has 6 heteroatoms. The molecular weight excluding hydrogens is 253 g/mol. The average Bonchev–Trinajstić information content (AvgIpc) is 2.25. The van der Waals surface area contributed by atoms with Gasteiger partial charge in [0, 0.05) is 0 Å². The molecule has 0 aliphatic carbocycles. The molecule has 4 nitrogen and oxygen atoms in total. The van der Waals surface area contributed by atoms with Crippen molar-refractivity contribution in [1.82, 2.24) is 0 Å². The quantitative estimate of drug-likeness (QED) is 0.658. The minimum absolute atomic E-state index is 0.134. The lowest BCUT2D eigenvalue weighted by molar-refractivity contribution is -0.152. The first kappa shape index (κ1) is 12.8. The van der Waals surface area contributed by atoms with Crippen LogP contribution in [0.2, 0.25) is 10.0 Å². The number of carbonyl (C=O) groups is 2.